The number of rotatable bonds is 7. The molecular weight excluding hydrogens is 300 g/mol. The number of nitrogens with one attached hydrogen (secondary N) is 2. The van der Waals surface area contributed by atoms with E-state index in [9.17, 15) is 4.79 Å². The van der Waals surface area contributed by atoms with E-state index >= 15 is 0 Å². The fourth-order valence-corrected chi connectivity index (χ4v) is 3.61. The van der Waals surface area contributed by atoms with Gasteiger partial charge in [-0.05, 0) is 51.3 Å². The maximum atomic E-state index is 12.0. The fraction of sp³-hybridized carbons (Fsp3) is 0.706. The first-order valence-electron chi connectivity index (χ1n) is 8.23. The number of carbonyl (C=O) groups excluding carboxylic acids is 1. The molecule has 2 atom stereocenters. The standard InChI is InChI=1S/C17H27ClN2O2/c1-3-9-17(19-2)10-8-14(11-17)20-16(21)12-22-15-6-4-13(18)5-7-15/h4,6,14,19H,3,5,7-12H2,1-2H3,(H,20,21). The van der Waals surface area contributed by atoms with Crippen molar-refractivity contribution in [2.75, 3.05) is 13.7 Å². The van der Waals surface area contributed by atoms with Crippen molar-refractivity contribution in [3.05, 3.63) is 22.9 Å². The Morgan fingerprint density at radius 2 is 2.27 bits per heavy atom. The van der Waals surface area contributed by atoms with Crippen molar-refractivity contribution in [2.24, 2.45) is 0 Å². The van der Waals surface area contributed by atoms with E-state index in [1.54, 1.807) is 0 Å². The molecule has 2 unspecified atom stereocenters. The van der Waals surface area contributed by atoms with E-state index in [1.165, 1.54) is 0 Å². The second kappa shape index (κ2) is 8.02. The second-order valence-electron chi connectivity index (χ2n) is 6.32. The Morgan fingerprint density at radius 3 is 2.91 bits per heavy atom. The highest BCUT2D eigenvalue weighted by Gasteiger charge is 2.37. The summed E-state index contributed by atoms with van der Waals surface area (Å²) in [6, 6.07) is 0.254. The van der Waals surface area contributed by atoms with Crippen molar-refractivity contribution in [1.82, 2.24) is 10.6 Å². The highest BCUT2D eigenvalue weighted by molar-refractivity contribution is 6.29. The molecule has 1 saturated carbocycles. The molecule has 2 rings (SSSR count). The maximum absolute atomic E-state index is 12.0. The number of carbonyl (C=O) groups is 1. The van der Waals surface area contributed by atoms with Crippen LogP contribution in [0.15, 0.2) is 22.9 Å². The first kappa shape index (κ1) is 17.4. The molecule has 0 bridgehead atoms. The van der Waals surface area contributed by atoms with Gasteiger partial charge in [-0.3, -0.25) is 4.79 Å². The second-order valence-corrected chi connectivity index (χ2v) is 6.81. The number of halogens is 1. The summed E-state index contributed by atoms with van der Waals surface area (Å²) in [6.07, 6.45) is 10.7. The number of ether oxygens (including phenoxy) is 1. The van der Waals surface area contributed by atoms with Crippen LogP contribution in [0.4, 0.5) is 0 Å². The quantitative estimate of drug-likeness (QED) is 0.755. The van der Waals surface area contributed by atoms with Crippen LogP contribution in [0.1, 0.15) is 51.9 Å². The van der Waals surface area contributed by atoms with Crippen LogP contribution in [0.25, 0.3) is 0 Å². The van der Waals surface area contributed by atoms with E-state index < -0.39 is 0 Å². The third-order valence-electron chi connectivity index (χ3n) is 4.68. The van der Waals surface area contributed by atoms with Gasteiger partial charge in [-0.15, -0.1) is 0 Å². The molecule has 2 N–H and O–H groups in total. The number of amides is 1. The van der Waals surface area contributed by atoms with Crippen LogP contribution in [0.3, 0.4) is 0 Å². The first-order chi connectivity index (χ1) is 10.6. The van der Waals surface area contributed by atoms with Crippen molar-refractivity contribution in [2.45, 2.75) is 63.5 Å². The van der Waals surface area contributed by atoms with Crippen molar-refractivity contribution in [3.63, 3.8) is 0 Å². The molecule has 0 aromatic rings. The van der Waals surface area contributed by atoms with Gasteiger partial charge in [-0.2, -0.15) is 0 Å². The largest absolute Gasteiger partial charge is 0.488 e. The minimum atomic E-state index is -0.0325. The predicted octanol–water partition coefficient (Wildman–Crippen LogP) is 3.23. The van der Waals surface area contributed by atoms with Crippen LogP contribution in [0.5, 0.6) is 0 Å². The first-order valence-corrected chi connectivity index (χ1v) is 8.61. The van der Waals surface area contributed by atoms with Gasteiger partial charge in [0.2, 0.25) is 0 Å². The fourth-order valence-electron chi connectivity index (χ4n) is 3.45. The third kappa shape index (κ3) is 4.75. The summed E-state index contributed by atoms with van der Waals surface area (Å²) < 4.78 is 5.56. The average Bonchev–Trinajstić information content (AvgIpc) is 2.90. The topological polar surface area (TPSA) is 50.4 Å². The summed E-state index contributed by atoms with van der Waals surface area (Å²) in [5.41, 5.74) is 0.195. The molecule has 0 radical (unpaired) electrons. The molecule has 0 heterocycles. The van der Waals surface area contributed by atoms with E-state index in [1.807, 2.05) is 19.2 Å². The van der Waals surface area contributed by atoms with Crippen LogP contribution in [0.2, 0.25) is 0 Å². The van der Waals surface area contributed by atoms with E-state index in [0.717, 1.165) is 55.7 Å². The van der Waals surface area contributed by atoms with Gasteiger partial charge in [0.05, 0.1) is 5.76 Å². The Hall–Kier alpha value is -1.00. The molecule has 124 valence electrons. The number of hydrogen-bond donors (Lipinski definition) is 2. The molecule has 2 aliphatic rings. The summed E-state index contributed by atoms with van der Waals surface area (Å²) in [5.74, 6) is 0.802. The summed E-state index contributed by atoms with van der Waals surface area (Å²) in [4.78, 5) is 12.0. The van der Waals surface area contributed by atoms with Crippen LogP contribution < -0.4 is 10.6 Å². The summed E-state index contributed by atoms with van der Waals surface area (Å²) in [7, 11) is 2.02. The highest BCUT2D eigenvalue weighted by Crippen LogP contribution is 2.33. The Labute approximate surface area is 138 Å². The molecule has 4 nitrogen and oxygen atoms in total. The van der Waals surface area contributed by atoms with Gasteiger partial charge < -0.3 is 15.4 Å². The van der Waals surface area contributed by atoms with E-state index in [2.05, 4.69) is 17.6 Å². The van der Waals surface area contributed by atoms with Gasteiger partial charge in [0.25, 0.3) is 5.91 Å². The van der Waals surface area contributed by atoms with Gasteiger partial charge in [-0.1, -0.05) is 24.9 Å². The van der Waals surface area contributed by atoms with Crippen molar-refractivity contribution in [1.29, 1.82) is 0 Å². The summed E-state index contributed by atoms with van der Waals surface area (Å²) >= 11 is 5.90. The highest BCUT2D eigenvalue weighted by atomic mass is 35.5. The lowest BCUT2D eigenvalue weighted by atomic mass is 9.92. The molecule has 0 spiro atoms. The molecule has 22 heavy (non-hydrogen) atoms. The number of allylic oxidation sites excluding steroid dienone is 4. The molecule has 2 aliphatic carbocycles. The Morgan fingerprint density at radius 1 is 1.45 bits per heavy atom. The maximum Gasteiger partial charge on any atom is 0.258 e. The Balaban J connectivity index is 1.74. The van der Waals surface area contributed by atoms with Crippen LogP contribution in [-0.4, -0.2) is 31.1 Å². The minimum absolute atomic E-state index is 0.0325. The van der Waals surface area contributed by atoms with Crippen LogP contribution in [-0.2, 0) is 9.53 Å². The van der Waals surface area contributed by atoms with Crippen LogP contribution >= 0.6 is 11.6 Å². The number of hydrogen-bond acceptors (Lipinski definition) is 3. The van der Waals surface area contributed by atoms with E-state index in [0.29, 0.717) is 0 Å². The molecule has 0 saturated heterocycles. The lowest BCUT2D eigenvalue weighted by molar-refractivity contribution is -0.125. The van der Waals surface area contributed by atoms with Crippen molar-refractivity contribution in [3.8, 4) is 0 Å². The van der Waals surface area contributed by atoms with Gasteiger partial charge >= 0.3 is 0 Å². The molecule has 1 fully saturated rings. The minimum Gasteiger partial charge on any atom is -0.488 e. The predicted molar refractivity (Wildman–Crippen MR) is 89.7 cm³/mol. The average molecular weight is 327 g/mol. The molecule has 5 heteroatoms. The molecule has 0 aromatic heterocycles. The summed E-state index contributed by atoms with van der Waals surface area (Å²) in [6.45, 7) is 2.30. The molecule has 0 aliphatic heterocycles. The van der Waals surface area contributed by atoms with Crippen LogP contribution in [0, 0.1) is 0 Å². The normalized spacial score (nSPS) is 28.0. The molecule has 0 aromatic carbocycles. The van der Waals surface area contributed by atoms with Crippen molar-refractivity contribution >= 4 is 17.5 Å². The van der Waals surface area contributed by atoms with E-state index in [-0.39, 0.29) is 24.1 Å². The smallest absolute Gasteiger partial charge is 0.258 e. The monoisotopic (exact) mass is 326 g/mol. The van der Waals surface area contributed by atoms with Gasteiger partial charge in [0, 0.05) is 23.0 Å². The third-order valence-corrected chi connectivity index (χ3v) is 5.00. The Bertz CT molecular complexity index is 462. The van der Waals surface area contributed by atoms with Gasteiger partial charge in [0.15, 0.2) is 6.61 Å². The molecular formula is C17H27ClN2O2. The van der Waals surface area contributed by atoms with Crippen molar-refractivity contribution < 1.29 is 9.53 Å². The molecule has 1 amide bonds. The SMILES string of the molecule is CCCC1(NC)CCC(NC(=O)COC2=CC=C(Cl)CC2)C1. The lowest BCUT2D eigenvalue weighted by Crippen LogP contribution is -2.43. The zero-order valence-corrected chi connectivity index (χ0v) is 14.3. The van der Waals surface area contributed by atoms with Gasteiger partial charge in [-0.25, -0.2) is 0 Å². The zero-order valence-electron chi connectivity index (χ0n) is 13.6. The Kier molecular flexibility index (Phi) is 6.33. The van der Waals surface area contributed by atoms with E-state index in [4.69, 9.17) is 16.3 Å². The van der Waals surface area contributed by atoms with Gasteiger partial charge in [0.1, 0.15) is 0 Å². The lowest BCUT2D eigenvalue weighted by Gasteiger charge is -2.28. The summed E-state index contributed by atoms with van der Waals surface area (Å²) in [5, 5.41) is 7.40. The zero-order chi connectivity index (χ0) is 16.0.